The Morgan fingerprint density at radius 3 is 2.50 bits per heavy atom. The summed E-state index contributed by atoms with van der Waals surface area (Å²) in [7, 11) is 0. The molecule has 0 aromatic heterocycles. The Hall–Kier alpha value is -0.0800. The minimum absolute atomic E-state index is 0. The van der Waals surface area contributed by atoms with Crippen LogP contribution >= 0.6 is 24.0 Å². The number of ether oxygens (including phenoxy) is 1. The summed E-state index contributed by atoms with van der Waals surface area (Å²) in [5, 5.41) is 3.15. The predicted molar refractivity (Wildman–Crippen MR) is 86.7 cm³/mol. The zero-order valence-electron chi connectivity index (χ0n) is 11.7. The molecular weight excluding hydrogens is 343 g/mol. The first kappa shape index (κ1) is 17.9. The van der Waals surface area contributed by atoms with Crippen molar-refractivity contribution in [2.45, 2.75) is 32.7 Å². The van der Waals surface area contributed by atoms with Gasteiger partial charge in [0, 0.05) is 31.7 Å². The minimum Gasteiger partial charge on any atom is -0.379 e. The van der Waals surface area contributed by atoms with E-state index in [4.69, 9.17) is 10.5 Å². The first-order valence-electron chi connectivity index (χ1n) is 6.35. The fourth-order valence-electron chi connectivity index (χ4n) is 1.74. The van der Waals surface area contributed by atoms with Crippen LogP contribution in [0.3, 0.4) is 0 Å². The minimum atomic E-state index is -0.0161. The van der Waals surface area contributed by atoms with E-state index in [-0.39, 0.29) is 29.5 Å². The van der Waals surface area contributed by atoms with Crippen LogP contribution in [0.5, 0.6) is 0 Å². The Labute approximate surface area is 128 Å². The third kappa shape index (κ3) is 8.93. The first-order valence-corrected chi connectivity index (χ1v) is 6.35. The second-order valence-electron chi connectivity index (χ2n) is 5.45. The SMILES string of the molecule is CC(C)(C)NC(N)=NCCCN1CCOCC1.I. The Balaban J connectivity index is 0.00000289. The van der Waals surface area contributed by atoms with Crippen molar-refractivity contribution in [2.75, 3.05) is 39.4 Å². The second kappa shape index (κ2) is 8.92. The van der Waals surface area contributed by atoms with E-state index in [1.54, 1.807) is 0 Å². The summed E-state index contributed by atoms with van der Waals surface area (Å²) in [5.74, 6) is 0.541. The van der Waals surface area contributed by atoms with Crippen LogP contribution in [0.25, 0.3) is 0 Å². The molecule has 1 heterocycles. The van der Waals surface area contributed by atoms with Crippen molar-refractivity contribution in [3.8, 4) is 0 Å². The van der Waals surface area contributed by atoms with Gasteiger partial charge in [-0.3, -0.25) is 9.89 Å². The fourth-order valence-corrected chi connectivity index (χ4v) is 1.74. The molecule has 1 rings (SSSR count). The molecule has 1 aliphatic heterocycles. The molecule has 0 aromatic carbocycles. The molecule has 0 amide bonds. The maximum absolute atomic E-state index is 5.78. The quantitative estimate of drug-likeness (QED) is 0.336. The molecule has 108 valence electrons. The zero-order chi connectivity index (χ0) is 12.7. The molecule has 0 atom stereocenters. The van der Waals surface area contributed by atoms with E-state index in [1.807, 2.05) is 0 Å². The van der Waals surface area contributed by atoms with Crippen LogP contribution in [0, 0.1) is 0 Å². The van der Waals surface area contributed by atoms with Crippen molar-refractivity contribution in [3.63, 3.8) is 0 Å². The number of nitrogens with zero attached hydrogens (tertiary/aromatic N) is 2. The fraction of sp³-hybridized carbons (Fsp3) is 0.917. The van der Waals surface area contributed by atoms with E-state index >= 15 is 0 Å². The molecule has 0 aliphatic carbocycles. The number of morpholine rings is 1. The van der Waals surface area contributed by atoms with Gasteiger partial charge >= 0.3 is 0 Å². The topological polar surface area (TPSA) is 62.9 Å². The Morgan fingerprint density at radius 1 is 1.33 bits per heavy atom. The highest BCUT2D eigenvalue weighted by atomic mass is 127. The van der Waals surface area contributed by atoms with Gasteiger partial charge in [-0.2, -0.15) is 0 Å². The lowest BCUT2D eigenvalue weighted by Gasteiger charge is -2.26. The maximum Gasteiger partial charge on any atom is 0.188 e. The third-order valence-corrected chi connectivity index (χ3v) is 2.52. The molecule has 18 heavy (non-hydrogen) atoms. The van der Waals surface area contributed by atoms with Gasteiger partial charge in [0.25, 0.3) is 0 Å². The highest BCUT2D eigenvalue weighted by Gasteiger charge is 2.10. The van der Waals surface area contributed by atoms with E-state index in [9.17, 15) is 0 Å². The van der Waals surface area contributed by atoms with Gasteiger partial charge in [0.15, 0.2) is 5.96 Å². The van der Waals surface area contributed by atoms with Crippen LogP contribution in [-0.4, -0.2) is 55.8 Å². The van der Waals surface area contributed by atoms with E-state index < -0.39 is 0 Å². The standard InChI is InChI=1S/C12H26N4O.HI/c1-12(2,3)15-11(13)14-5-4-6-16-7-9-17-10-8-16;/h4-10H2,1-3H3,(H3,13,14,15);1H. The summed E-state index contributed by atoms with van der Waals surface area (Å²) in [6, 6.07) is 0. The van der Waals surface area contributed by atoms with Gasteiger partial charge < -0.3 is 15.8 Å². The van der Waals surface area contributed by atoms with E-state index in [1.165, 1.54) is 0 Å². The van der Waals surface area contributed by atoms with Crippen LogP contribution in [-0.2, 0) is 4.74 Å². The summed E-state index contributed by atoms with van der Waals surface area (Å²) >= 11 is 0. The van der Waals surface area contributed by atoms with Gasteiger partial charge in [0.2, 0.25) is 0 Å². The number of rotatable bonds is 4. The average Bonchev–Trinajstić information content (AvgIpc) is 2.23. The van der Waals surface area contributed by atoms with E-state index in [0.717, 1.165) is 45.8 Å². The van der Waals surface area contributed by atoms with Gasteiger partial charge in [-0.1, -0.05) is 0 Å². The lowest BCUT2D eigenvalue weighted by atomic mass is 10.1. The molecule has 3 N–H and O–H groups in total. The predicted octanol–water partition coefficient (Wildman–Crippen LogP) is 1.03. The average molecular weight is 370 g/mol. The molecule has 0 bridgehead atoms. The lowest BCUT2D eigenvalue weighted by molar-refractivity contribution is 0.0377. The number of nitrogens with one attached hydrogen (secondary N) is 1. The van der Waals surface area contributed by atoms with Gasteiger partial charge in [0.05, 0.1) is 13.2 Å². The number of aliphatic imine (C=N–C) groups is 1. The van der Waals surface area contributed by atoms with Crippen molar-refractivity contribution in [1.82, 2.24) is 10.2 Å². The summed E-state index contributed by atoms with van der Waals surface area (Å²) in [5.41, 5.74) is 5.77. The van der Waals surface area contributed by atoms with Crippen molar-refractivity contribution >= 4 is 29.9 Å². The maximum atomic E-state index is 5.78. The van der Waals surface area contributed by atoms with Crippen LogP contribution in [0.15, 0.2) is 4.99 Å². The Morgan fingerprint density at radius 2 is 1.94 bits per heavy atom. The van der Waals surface area contributed by atoms with Crippen LogP contribution < -0.4 is 11.1 Å². The summed E-state index contributed by atoms with van der Waals surface area (Å²) < 4.78 is 5.30. The molecule has 1 fully saturated rings. The van der Waals surface area contributed by atoms with Gasteiger partial charge in [-0.25, -0.2) is 0 Å². The van der Waals surface area contributed by atoms with Crippen molar-refractivity contribution < 1.29 is 4.74 Å². The molecule has 1 aliphatic rings. The van der Waals surface area contributed by atoms with Crippen LogP contribution in [0.4, 0.5) is 0 Å². The largest absolute Gasteiger partial charge is 0.379 e. The molecule has 0 spiro atoms. The number of halogens is 1. The molecular formula is C12H27IN4O. The van der Waals surface area contributed by atoms with Crippen molar-refractivity contribution in [3.05, 3.63) is 0 Å². The zero-order valence-corrected chi connectivity index (χ0v) is 14.1. The highest BCUT2D eigenvalue weighted by molar-refractivity contribution is 14.0. The molecule has 0 unspecified atom stereocenters. The van der Waals surface area contributed by atoms with Gasteiger partial charge in [-0.15, -0.1) is 24.0 Å². The van der Waals surface area contributed by atoms with Crippen molar-refractivity contribution in [1.29, 1.82) is 0 Å². The Kier molecular flexibility index (Phi) is 8.89. The number of guanidine groups is 1. The van der Waals surface area contributed by atoms with E-state index in [0.29, 0.717) is 5.96 Å². The highest BCUT2D eigenvalue weighted by Crippen LogP contribution is 1.99. The smallest absolute Gasteiger partial charge is 0.188 e. The summed E-state index contributed by atoms with van der Waals surface area (Å²) in [6.07, 6.45) is 1.05. The number of nitrogens with two attached hydrogens (primary N) is 1. The molecule has 0 aromatic rings. The second-order valence-corrected chi connectivity index (χ2v) is 5.45. The third-order valence-electron chi connectivity index (χ3n) is 2.52. The lowest BCUT2D eigenvalue weighted by Crippen LogP contribution is -2.45. The summed E-state index contributed by atoms with van der Waals surface area (Å²) in [6.45, 7) is 11.9. The van der Waals surface area contributed by atoms with Crippen LogP contribution in [0.1, 0.15) is 27.2 Å². The molecule has 6 heteroatoms. The summed E-state index contributed by atoms with van der Waals surface area (Å²) in [4.78, 5) is 6.73. The monoisotopic (exact) mass is 370 g/mol. The molecule has 5 nitrogen and oxygen atoms in total. The Bertz CT molecular complexity index is 247. The number of hydrogen-bond donors (Lipinski definition) is 2. The van der Waals surface area contributed by atoms with Crippen LogP contribution in [0.2, 0.25) is 0 Å². The van der Waals surface area contributed by atoms with Crippen molar-refractivity contribution in [2.24, 2.45) is 10.7 Å². The molecule has 1 saturated heterocycles. The normalized spacial score (nSPS) is 18.3. The molecule has 0 radical (unpaired) electrons. The number of hydrogen-bond acceptors (Lipinski definition) is 3. The van der Waals surface area contributed by atoms with E-state index in [2.05, 4.69) is 36.0 Å². The van der Waals surface area contributed by atoms with Gasteiger partial charge in [-0.05, 0) is 27.2 Å². The first-order chi connectivity index (χ1) is 7.97. The molecule has 0 saturated carbocycles. The van der Waals surface area contributed by atoms with Gasteiger partial charge in [0.1, 0.15) is 0 Å².